The largest absolute Gasteiger partial charge is 0.331 e. The van der Waals surface area contributed by atoms with E-state index in [2.05, 4.69) is 53.9 Å². The van der Waals surface area contributed by atoms with Gasteiger partial charge in [0, 0.05) is 35.0 Å². The molecule has 2 aliphatic rings. The molecule has 0 radical (unpaired) electrons. The van der Waals surface area contributed by atoms with Crippen molar-refractivity contribution < 1.29 is 19.3 Å². The van der Waals surface area contributed by atoms with Crippen molar-refractivity contribution in [3.05, 3.63) is 51.3 Å². The van der Waals surface area contributed by atoms with Gasteiger partial charge in [-0.1, -0.05) is 66.1 Å². The summed E-state index contributed by atoms with van der Waals surface area (Å²) in [6.07, 6.45) is 2.77. The molecule has 2 aliphatic carbocycles. The van der Waals surface area contributed by atoms with Gasteiger partial charge >= 0.3 is 11.9 Å². The van der Waals surface area contributed by atoms with Crippen molar-refractivity contribution in [2.24, 2.45) is 21.1 Å². The van der Waals surface area contributed by atoms with Crippen LogP contribution in [0.15, 0.2) is 39.0 Å². The predicted octanol–water partition coefficient (Wildman–Crippen LogP) is 5.99. The molecular formula is C27H30BrN3O4. The van der Waals surface area contributed by atoms with Crippen molar-refractivity contribution in [2.45, 2.75) is 67.2 Å². The molecule has 2 aromatic rings. The second-order valence-electron chi connectivity index (χ2n) is 10.9. The van der Waals surface area contributed by atoms with Gasteiger partial charge in [-0.15, -0.1) is 0 Å². The summed E-state index contributed by atoms with van der Waals surface area (Å²) in [5.74, 6) is -0.949. The van der Waals surface area contributed by atoms with E-state index in [1.807, 2.05) is 24.3 Å². The molecule has 0 atom stereocenters. The number of halogens is 1. The van der Waals surface area contributed by atoms with Gasteiger partial charge in [0.15, 0.2) is 0 Å². The van der Waals surface area contributed by atoms with Gasteiger partial charge in [-0.25, -0.2) is 9.59 Å². The van der Waals surface area contributed by atoms with Crippen LogP contribution in [0.3, 0.4) is 0 Å². The van der Waals surface area contributed by atoms with Crippen molar-refractivity contribution in [3.63, 3.8) is 0 Å². The van der Waals surface area contributed by atoms with Crippen molar-refractivity contribution in [1.29, 1.82) is 0 Å². The lowest BCUT2D eigenvalue weighted by Gasteiger charge is -2.37. The van der Waals surface area contributed by atoms with Crippen LogP contribution < -0.4 is 0 Å². The molecule has 7 nitrogen and oxygen atoms in total. The fourth-order valence-corrected chi connectivity index (χ4v) is 5.24. The third kappa shape index (κ3) is 5.53. The highest BCUT2D eigenvalue weighted by atomic mass is 79.9. The summed E-state index contributed by atoms with van der Waals surface area (Å²) in [6, 6.07) is 8.04. The molecule has 1 heterocycles. The van der Waals surface area contributed by atoms with Crippen molar-refractivity contribution in [1.82, 2.24) is 4.98 Å². The third-order valence-electron chi connectivity index (χ3n) is 6.21. The monoisotopic (exact) mass is 539 g/mol. The second kappa shape index (κ2) is 9.30. The van der Waals surface area contributed by atoms with Crippen LogP contribution in [0, 0.1) is 10.8 Å². The fourth-order valence-electron chi connectivity index (χ4n) is 4.98. The molecule has 0 fully saturated rings. The van der Waals surface area contributed by atoms with E-state index in [4.69, 9.17) is 14.7 Å². The smallest absolute Gasteiger partial charge is 0.318 e. The Morgan fingerprint density at radius 1 is 0.771 bits per heavy atom. The predicted molar refractivity (Wildman–Crippen MR) is 138 cm³/mol. The number of oxime groups is 2. The molecule has 4 rings (SSSR count). The first-order valence-electron chi connectivity index (χ1n) is 11.7. The zero-order chi connectivity index (χ0) is 25.5. The van der Waals surface area contributed by atoms with Crippen molar-refractivity contribution in [3.8, 4) is 11.1 Å². The van der Waals surface area contributed by atoms with E-state index < -0.39 is 11.9 Å². The minimum Gasteiger partial charge on any atom is -0.318 e. The SMILES string of the molecule is CC(=O)O/N=C1\CC(C)(C)Cc2nc3c(c(-c4ccc(Br)cc4)c21)/C(=N/OC(C)=O)CC(C)(C)C3. The number of nitrogens with zero attached hydrogens (tertiary/aromatic N) is 3. The Morgan fingerprint density at radius 3 is 1.60 bits per heavy atom. The highest BCUT2D eigenvalue weighted by molar-refractivity contribution is 9.10. The standard InChI is InChI=1S/C27H30BrN3O4/c1-15(32)34-30-21-13-26(3,4)11-19-24(21)23(17-7-9-18(28)10-8-17)25-20(29-19)12-27(5,6)14-22(25)31-35-16(2)33/h7-10H,11-14H2,1-6H3/b30-21+,31-22+. The molecule has 0 bridgehead atoms. The Hall–Kier alpha value is -2.87. The van der Waals surface area contributed by atoms with Gasteiger partial charge in [-0.2, -0.15) is 0 Å². The van der Waals surface area contributed by atoms with E-state index in [0.717, 1.165) is 51.0 Å². The minimum absolute atomic E-state index is 0.108. The Bertz CT molecular complexity index is 1190. The molecular weight excluding hydrogens is 510 g/mol. The molecule has 1 aromatic heterocycles. The van der Waals surface area contributed by atoms with Crippen molar-refractivity contribution in [2.75, 3.05) is 0 Å². The average molecular weight is 540 g/mol. The summed E-state index contributed by atoms with van der Waals surface area (Å²) in [7, 11) is 0. The fraction of sp³-hybridized carbons (Fsp3) is 0.444. The number of carbonyl (C=O) groups is 2. The Balaban J connectivity index is 2.09. The number of pyridine rings is 1. The van der Waals surface area contributed by atoms with E-state index in [-0.39, 0.29) is 10.8 Å². The third-order valence-corrected chi connectivity index (χ3v) is 6.74. The topological polar surface area (TPSA) is 90.2 Å². The highest BCUT2D eigenvalue weighted by Crippen LogP contribution is 2.45. The van der Waals surface area contributed by atoms with Crippen LogP contribution in [0.5, 0.6) is 0 Å². The molecule has 0 amide bonds. The van der Waals surface area contributed by atoms with Gasteiger partial charge in [0.2, 0.25) is 0 Å². The molecule has 0 N–H and O–H groups in total. The second-order valence-corrected chi connectivity index (χ2v) is 11.8. The lowest BCUT2D eigenvalue weighted by atomic mass is 9.69. The first-order chi connectivity index (χ1) is 16.3. The van der Waals surface area contributed by atoms with Gasteiger partial charge in [0.1, 0.15) is 0 Å². The Morgan fingerprint density at radius 2 is 1.20 bits per heavy atom. The van der Waals surface area contributed by atoms with E-state index in [0.29, 0.717) is 24.3 Å². The van der Waals surface area contributed by atoms with E-state index in [1.54, 1.807) is 0 Å². The Kier molecular flexibility index (Phi) is 6.70. The molecule has 0 saturated carbocycles. The van der Waals surface area contributed by atoms with Crippen LogP contribution in [-0.2, 0) is 32.1 Å². The number of aromatic nitrogens is 1. The van der Waals surface area contributed by atoms with E-state index in [9.17, 15) is 9.59 Å². The minimum atomic E-state index is -0.475. The van der Waals surface area contributed by atoms with Crippen LogP contribution in [0.1, 0.15) is 76.9 Å². The number of fused-ring (bicyclic) bond motifs is 2. The quantitative estimate of drug-likeness (QED) is 0.353. The summed E-state index contributed by atoms with van der Waals surface area (Å²) >= 11 is 3.53. The van der Waals surface area contributed by atoms with Gasteiger partial charge in [-0.05, 0) is 54.2 Å². The Labute approximate surface area is 214 Å². The average Bonchev–Trinajstić information content (AvgIpc) is 2.73. The zero-order valence-corrected chi connectivity index (χ0v) is 22.6. The first kappa shape index (κ1) is 25.2. The molecule has 0 unspecified atom stereocenters. The molecule has 8 heteroatoms. The van der Waals surface area contributed by atoms with Crippen LogP contribution in [0.4, 0.5) is 0 Å². The summed E-state index contributed by atoms with van der Waals surface area (Å²) in [4.78, 5) is 38.7. The van der Waals surface area contributed by atoms with Crippen LogP contribution >= 0.6 is 15.9 Å². The van der Waals surface area contributed by atoms with Gasteiger partial charge in [0.05, 0.1) is 22.8 Å². The normalized spacial score (nSPS) is 20.2. The summed E-state index contributed by atoms with van der Waals surface area (Å²) in [5.41, 5.74) is 6.61. The molecule has 35 heavy (non-hydrogen) atoms. The summed E-state index contributed by atoms with van der Waals surface area (Å²) in [6.45, 7) is 11.3. The molecule has 0 spiro atoms. The van der Waals surface area contributed by atoms with Crippen molar-refractivity contribution >= 4 is 39.3 Å². The van der Waals surface area contributed by atoms with Crippen LogP contribution in [0.25, 0.3) is 11.1 Å². The van der Waals surface area contributed by atoms with E-state index in [1.165, 1.54) is 13.8 Å². The summed E-state index contributed by atoms with van der Waals surface area (Å²) in [5, 5.41) is 8.59. The maximum atomic E-state index is 11.6. The number of benzene rings is 1. The molecule has 0 saturated heterocycles. The molecule has 0 aliphatic heterocycles. The lowest BCUT2D eigenvalue weighted by Crippen LogP contribution is -2.34. The van der Waals surface area contributed by atoms with Crippen LogP contribution in [-0.4, -0.2) is 28.3 Å². The molecule has 184 valence electrons. The number of carbonyl (C=O) groups excluding carboxylic acids is 2. The van der Waals surface area contributed by atoms with Crippen LogP contribution in [0.2, 0.25) is 0 Å². The number of rotatable bonds is 3. The zero-order valence-electron chi connectivity index (χ0n) is 21.0. The highest BCUT2D eigenvalue weighted by Gasteiger charge is 2.40. The maximum Gasteiger partial charge on any atom is 0.331 e. The van der Waals surface area contributed by atoms with Gasteiger partial charge in [0.25, 0.3) is 0 Å². The number of hydrogen-bond acceptors (Lipinski definition) is 7. The maximum absolute atomic E-state index is 11.6. The number of hydrogen-bond donors (Lipinski definition) is 0. The van der Waals surface area contributed by atoms with Gasteiger partial charge in [-0.3, -0.25) is 4.98 Å². The molecule has 1 aromatic carbocycles. The lowest BCUT2D eigenvalue weighted by molar-refractivity contribution is -0.141. The first-order valence-corrected chi connectivity index (χ1v) is 12.5. The summed E-state index contributed by atoms with van der Waals surface area (Å²) < 4.78 is 0.961. The van der Waals surface area contributed by atoms with E-state index >= 15 is 0 Å². The van der Waals surface area contributed by atoms with Gasteiger partial charge < -0.3 is 9.68 Å².